The molecular weight excluding hydrogens is 223 g/mol. The van der Waals surface area contributed by atoms with Gasteiger partial charge in [-0.05, 0) is 0 Å². The van der Waals surface area contributed by atoms with E-state index >= 15 is 0 Å². The first-order valence-corrected chi connectivity index (χ1v) is 7.64. The molecule has 0 fully saturated rings. The predicted molar refractivity (Wildman–Crippen MR) is 35.5 cm³/mol. The molecule has 0 saturated carbocycles. The van der Waals surface area contributed by atoms with Gasteiger partial charge in [0.15, 0.2) is 0 Å². The van der Waals surface area contributed by atoms with E-state index in [1.165, 1.54) is 0 Å². The molecule has 0 amide bonds. The number of halogens is 4. The maximum atomic E-state index is 12.4. The molecule has 5 heteroatoms. The summed E-state index contributed by atoms with van der Waals surface area (Å²) in [5.74, 6) is -7.74. The van der Waals surface area contributed by atoms with Crippen LogP contribution in [-0.4, -0.2) is 26.5 Å². The molecule has 0 nitrogen and oxygen atoms in total. The average Bonchev–Trinajstić information content (AvgIpc) is 1.82. The van der Waals surface area contributed by atoms with E-state index in [2.05, 4.69) is 0 Å². The van der Waals surface area contributed by atoms with Crippen LogP contribution >= 0.6 is 0 Å². The number of hydrogen-bond donors (Lipinski definition) is 0. The molecule has 0 atom stereocenters. The Balaban J connectivity index is 2.92. The zero-order valence-electron chi connectivity index (χ0n) is 6.04. The fraction of sp³-hybridized carbons (Fsp3) is 0.667. The molecule has 0 saturated heterocycles. The number of allylic oxidation sites excluding steroid dienone is 2. The average molecular weight is 230 g/mol. The second-order valence-corrected chi connectivity index (χ2v) is 7.39. The van der Waals surface area contributed by atoms with E-state index < -0.39 is 26.5 Å². The summed E-state index contributed by atoms with van der Waals surface area (Å²) >= 11 is -1.82. The Labute approximate surface area is 66.5 Å². The van der Waals surface area contributed by atoms with Gasteiger partial charge >= 0.3 is 65.9 Å². The minimum absolute atomic E-state index is 0.310. The van der Waals surface area contributed by atoms with E-state index in [1.54, 1.807) is 11.4 Å². The molecule has 0 aliphatic heterocycles. The Hall–Kier alpha value is 0.0184. The molecule has 1 aliphatic rings. The van der Waals surface area contributed by atoms with Crippen molar-refractivity contribution in [3.8, 4) is 0 Å². The fourth-order valence-electron chi connectivity index (χ4n) is 0.856. The van der Waals surface area contributed by atoms with Crippen LogP contribution in [0.15, 0.2) is 10.4 Å². The molecule has 0 aromatic heterocycles. The van der Waals surface area contributed by atoms with E-state index in [4.69, 9.17) is 0 Å². The van der Waals surface area contributed by atoms with Crippen molar-refractivity contribution in [3.63, 3.8) is 0 Å². The third kappa shape index (κ3) is 1.12. The monoisotopic (exact) mass is 230 g/mol. The van der Waals surface area contributed by atoms with Crippen molar-refractivity contribution in [2.24, 2.45) is 0 Å². The van der Waals surface area contributed by atoms with Crippen molar-refractivity contribution >= 4 is 14.7 Å². The first kappa shape index (κ1) is 9.11. The van der Waals surface area contributed by atoms with Crippen LogP contribution in [0.25, 0.3) is 0 Å². The molecule has 0 unspecified atom stereocenters. The first-order valence-electron chi connectivity index (χ1n) is 2.95. The fourth-order valence-corrected chi connectivity index (χ4v) is 3.23. The van der Waals surface area contributed by atoms with E-state index in [9.17, 15) is 17.6 Å². The van der Waals surface area contributed by atoms with Gasteiger partial charge in [0, 0.05) is 0 Å². The summed E-state index contributed by atoms with van der Waals surface area (Å²) in [6.45, 7) is 0. The normalized spacial score (nSPS) is 26.3. The topological polar surface area (TPSA) is 0 Å². The molecule has 0 spiro atoms. The molecule has 0 N–H and O–H groups in total. The van der Waals surface area contributed by atoms with E-state index in [0.717, 1.165) is 0 Å². The molecule has 0 radical (unpaired) electrons. The molecule has 0 aromatic carbocycles. The number of alkyl halides is 4. The molecular formula is C6H7AsF4. The summed E-state index contributed by atoms with van der Waals surface area (Å²) in [7, 11) is 0. The van der Waals surface area contributed by atoms with Crippen LogP contribution in [0.5, 0.6) is 0 Å². The standard InChI is InChI=1S/C6H7AsF4/c1-7(2)4-3-5(8,9)6(4,10)11/h3H,1-2H3. The zero-order valence-corrected chi connectivity index (χ0v) is 7.91. The van der Waals surface area contributed by atoms with Crippen molar-refractivity contribution in [2.75, 3.05) is 0 Å². The molecule has 0 heterocycles. The van der Waals surface area contributed by atoms with Crippen LogP contribution in [0.4, 0.5) is 17.6 Å². The SMILES string of the molecule is C[As](C)C1=CC(F)(F)C1(F)F. The van der Waals surface area contributed by atoms with Crippen molar-refractivity contribution in [2.45, 2.75) is 23.3 Å². The summed E-state index contributed by atoms with van der Waals surface area (Å²) in [5, 5.41) is 0. The Kier molecular flexibility index (Phi) is 1.87. The second-order valence-electron chi connectivity index (χ2n) is 2.62. The van der Waals surface area contributed by atoms with Crippen LogP contribution in [0.1, 0.15) is 0 Å². The van der Waals surface area contributed by atoms with Crippen LogP contribution in [0.3, 0.4) is 0 Å². The van der Waals surface area contributed by atoms with E-state index in [1.807, 2.05) is 0 Å². The van der Waals surface area contributed by atoms with Gasteiger partial charge in [-0.15, -0.1) is 0 Å². The van der Waals surface area contributed by atoms with Gasteiger partial charge in [0.05, 0.1) is 0 Å². The van der Waals surface area contributed by atoms with Crippen molar-refractivity contribution in [1.29, 1.82) is 0 Å². The van der Waals surface area contributed by atoms with Gasteiger partial charge in [-0.1, -0.05) is 0 Å². The van der Waals surface area contributed by atoms with Gasteiger partial charge in [0.25, 0.3) is 0 Å². The number of rotatable bonds is 1. The first-order chi connectivity index (χ1) is 4.79. The van der Waals surface area contributed by atoms with Gasteiger partial charge in [0.1, 0.15) is 0 Å². The Morgan fingerprint density at radius 1 is 1.18 bits per heavy atom. The van der Waals surface area contributed by atoms with Gasteiger partial charge in [-0.3, -0.25) is 0 Å². The molecule has 1 aliphatic carbocycles. The Bertz CT molecular complexity index is 207. The van der Waals surface area contributed by atoms with E-state index in [0.29, 0.717) is 6.08 Å². The van der Waals surface area contributed by atoms with Crippen molar-refractivity contribution in [1.82, 2.24) is 0 Å². The molecule has 11 heavy (non-hydrogen) atoms. The van der Waals surface area contributed by atoms with Crippen LogP contribution in [0.2, 0.25) is 11.4 Å². The molecule has 0 aromatic rings. The predicted octanol–water partition coefficient (Wildman–Crippen LogP) is 2.49. The van der Waals surface area contributed by atoms with Gasteiger partial charge in [0.2, 0.25) is 0 Å². The quantitative estimate of drug-likeness (QED) is 0.479. The van der Waals surface area contributed by atoms with Gasteiger partial charge < -0.3 is 0 Å². The summed E-state index contributed by atoms with van der Waals surface area (Å²) in [6.07, 6.45) is 0.410. The maximum absolute atomic E-state index is 12.4. The third-order valence-corrected chi connectivity index (χ3v) is 4.42. The second kappa shape index (κ2) is 2.25. The van der Waals surface area contributed by atoms with Gasteiger partial charge in [-0.25, -0.2) is 0 Å². The minimum atomic E-state index is -3.89. The third-order valence-electron chi connectivity index (χ3n) is 1.54. The Morgan fingerprint density at radius 2 is 1.64 bits per heavy atom. The summed E-state index contributed by atoms with van der Waals surface area (Å²) in [6, 6.07) is 0. The van der Waals surface area contributed by atoms with Crippen molar-refractivity contribution in [3.05, 3.63) is 10.4 Å². The summed E-state index contributed by atoms with van der Waals surface area (Å²) in [4.78, 5) is 0. The Morgan fingerprint density at radius 3 is 1.73 bits per heavy atom. The van der Waals surface area contributed by atoms with Gasteiger partial charge in [-0.2, -0.15) is 0 Å². The summed E-state index contributed by atoms with van der Waals surface area (Å²) < 4.78 is 48.8. The van der Waals surface area contributed by atoms with E-state index in [-0.39, 0.29) is 4.36 Å². The van der Waals surface area contributed by atoms with Crippen LogP contribution in [0, 0.1) is 0 Å². The molecule has 64 valence electrons. The van der Waals surface area contributed by atoms with Crippen molar-refractivity contribution < 1.29 is 17.6 Å². The molecule has 0 bridgehead atoms. The van der Waals surface area contributed by atoms with Crippen LogP contribution in [-0.2, 0) is 0 Å². The summed E-state index contributed by atoms with van der Waals surface area (Å²) in [5.41, 5.74) is 3.23. The number of hydrogen-bond acceptors (Lipinski definition) is 0. The van der Waals surface area contributed by atoms with Crippen LogP contribution < -0.4 is 0 Å². The zero-order chi connectivity index (χ0) is 8.86. The molecule has 1 rings (SSSR count).